The standard InChI is InChI=1S/C19H16N4O3/c20-18-17(22(25)15-7-3-4-8-16(15)23(18)26)19(24)21-14-10-9-12-5-1-2-6-13(12)11-14/h1-11,17,20,25-26H,(H,21,24). The Kier molecular flexibility index (Phi) is 3.80. The van der Waals surface area contributed by atoms with E-state index < -0.39 is 17.8 Å². The molecule has 1 aliphatic heterocycles. The van der Waals surface area contributed by atoms with Gasteiger partial charge in [-0.15, -0.1) is 0 Å². The van der Waals surface area contributed by atoms with Gasteiger partial charge in [-0.05, 0) is 35.0 Å². The zero-order valence-corrected chi connectivity index (χ0v) is 13.6. The topological polar surface area (TPSA) is 99.9 Å². The maximum atomic E-state index is 12.7. The van der Waals surface area contributed by atoms with E-state index in [-0.39, 0.29) is 11.4 Å². The largest absolute Gasteiger partial charge is 0.324 e. The normalized spacial score (nSPS) is 16.5. The van der Waals surface area contributed by atoms with E-state index in [9.17, 15) is 15.2 Å². The quantitative estimate of drug-likeness (QED) is 0.570. The molecule has 130 valence electrons. The van der Waals surface area contributed by atoms with E-state index in [4.69, 9.17) is 5.41 Å². The minimum absolute atomic E-state index is 0.231. The van der Waals surface area contributed by atoms with Crippen molar-refractivity contribution >= 4 is 39.6 Å². The molecule has 0 fully saturated rings. The van der Waals surface area contributed by atoms with Crippen molar-refractivity contribution in [3.05, 3.63) is 66.7 Å². The number of anilines is 3. The Morgan fingerprint density at radius 2 is 1.58 bits per heavy atom. The SMILES string of the molecule is N=C1C(C(=O)Nc2ccc3ccccc3c2)N(O)c2ccccc2N1O. The molecule has 1 atom stereocenters. The fraction of sp³-hybridized carbons (Fsp3) is 0.0526. The fourth-order valence-electron chi connectivity index (χ4n) is 3.05. The number of carbonyl (C=O) groups is 1. The van der Waals surface area contributed by atoms with Crippen molar-refractivity contribution in [2.45, 2.75) is 6.04 Å². The van der Waals surface area contributed by atoms with Gasteiger partial charge in [-0.25, -0.2) is 10.1 Å². The van der Waals surface area contributed by atoms with Gasteiger partial charge in [-0.2, -0.15) is 0 Å². The summed E-state index contributed by atoms with van der Waals surface area (Å²) in [6.45, 7) is 0. The average molecular weight is 348 g/mol. The summed E-state index contributed by atoms with van der Waals surface area (Å²) in [5, 5.41) is 34.6. The summed E-state index contributed by atoms with van der Waals surface area (Å²) in [5.74, 6) is -1.06. The number of hydroxylamine groups is 2. The molecule has 0 saturated heterocycles. The first-order chi connectivity index (χ1) is 12.6. The van der Waals surface area contributed by atoms with Gasteiger partial charge in [-0.1, -0.05) is 42.5 Å². The lowest BCUT2D eigenvalue weighted by Gasteiger charge is -2.37. The molecule has 1 unspecified atom stereocenters. The second-order valence-corrected chi connectivity index (χ2v) is 5.98. The van der Waals surface area contributed by atoms with Gasteiger partial charge in [-0.3, -0.25) is 20.6 Å². The number of para-hydroxylation sites is 2. The summed E-state index contributed by atoms with van der Waals surface area (Å²) < 4.78 is 0. The van der Waals surface area contributed by atoms with Gasteiger partial charge in [0.1, 0.15) is 0 Å². The summed E-state index contributed by atoms with van der Waals surface area (Å²) in [4.78, 5) is 12.7. The molecule has 0 aliphatic carbocycles. The first kappa shape index (κ1) is 16.1. The van der Waals surface area contributed by atoms with Crippen LogP contribution >= 0.6 is 0 Å². The number of carbonyl (C=O) groups excluding carboxylic acids is 1. The predicted octanol–water partition coefficient (Wildman–Crippen LogP) is 3.23. The molecule has 0 spiro atoms. The van der Waals surface area contributed by atoms with Crippen molar-refractivity contribution < 1.29 is 15.2 Å². The molecule has 1 aliphatic rings. The minimum Gasteiger partial charge on any atom is -0.324 e. The second-order valence-electron chi connectivity index (χ2n) is 5.98. The Morgan fingerprint density at radius 3 is 2.35 bits per heavy atom. The maximum absolute atomic E-state index is 12.7. The summed E-state index contributed by atoms with van der Waals surface area (Å²) in [6.07, 6.45) is 0. The van der Waals surface area contributed by atoms with Gasteiger partial charge in [0.2, 0.25) is 0 Å². The molecule has 4 N–H and O–H groups in total. The predicted molar refractivity (Wildman–Crippen MR) is 99.1 cm³/mol. The molecular weight excluding hydrogens is 332 g/mol. The molecule has 0 aromatic heterocycles. The third kappa shape index (κ3) is 2.55. The van der Waals surface area contributed by atoms with Crippen molar-refractivity contribution in [3.63, 3.8) is 0 Å². The van der Waals surface area contributed by atoms with Gasteiger partial charge >= 0.3 is 0 Å². The van der Waals surface area contributed by atoms with Gasteiger partial charge in [0.25, 0.3) is 5.91 Å². The number of hydrogen-bond acceptors (Lipinski definition) is 5. The van der Waals surface area contributed by atoms with Gasteiger partial charge in [0.05, 0.1) is 11.4 Å². The van der Waals surface area contributed by atoms with Crippen LogP contribution in [0.2, 0.25) is 0 Å². The van der Waals surface area contributed by atoms with E-state index in [0.717, 1.165) is 10.8 Å². The highest BCUT2D eigenvalue weighted by Gasteiger charge is 2.39. The zero-order valence-electron chi connectivity index (χ0n) is 13.6. The first-order valence-corrected chi connectivity index (χ1v) is 8.00. The second kappa shape index (κ2) is 6.14. The van der Waals surface area contributed by atoms with Crippen LogP contribution < -0.4 is 15.4 Å². The number of fused-ring (bicyclic) bond motifs is 2. The summed E-state index contributed by atoms with van der Waals surface area (Å²) in [7, 11) is 0. The molecule has 1 heterocycles. The Morgan fingerprint density at radius 1 is 0.923 bits per heavy atom. The molecular formula is C19H16N4O3. The number of hydrogen-bond donors (Lipinski definition) is 4. The number of benzene rings is 3. The minimum atomic E-state index is -1.37. The monoisotopic (exact) mass is 348 g/mol. The lowest BCUT2D eigenvalue weighted by molar-refractivity contribution is -0.117. The van der Waals surface area contributed by atoms with Crippen LogP contribution in [0.3, 0.4) is 0 Å². The maximum Gasteiger partial charge on any atom is 0.257 e. The highest BCUT2D eigenvalue weighted by atomic mass is 16.5. The molecule has 0 radical (unpaired) electrons. The number of rotatable bonds is 2. The molecule has 0 bridgehead atoms. The zero-order chi connectivity index (χ0) is 18.3. The van der Waals surface area contributed by atoms with Crippen LogP contribution in [0.15, 0.2) is 66.7 Å². The average Bonchev–Trinajstić information content (AvgIpc) is 2.66. The summed E-state index contributed by atoms with van der Waals surface area (Å²) >= 11 is 0. The van der Waals surface area contributed by atoms with Crippen LogP contribution in [0.5, 0.6) is 0 Å². The number of amides is 1. The third-order valence-electron chi connectivity index (χ3n) is 4.35. The van der Waals surface area contributed by atoms with Gasteiger partial charge in [0.15, 0.2) is 11.9 Å². The van der Waals surface area contributed by atoms with E-state index in [0.29, 0.717) is 15.8 Å². The van der Waals surface area contributed by atoms with E-state index in [1.165, 1.54) is 0 Å². The van der Waals surface area contributed by atoms with Crippen LogP contribution in [0.25, 0.3) is 10.8 Å². The Balaban J connectivity index is 1.64. The first-order valence-electron chi connectivity index (χ1n) is 8.00. The highest BCUT2D eigenvalue weighted by molar-refractivity contribution is 6.20. The number of nitrogens with one attached hydrogen (secondary N) is 2. The molecule has 4 rings (SSSR count). The molecule has 1 amide bonds. The summed E-state index contributed by atoms with van der Waals surface area (Å²) in [6, 6.07) is 18.2. The van der Waals surface area contributed by atoms with Crippen LogP contribution in [0.1, 0.15) is 0 Å². The van der Waals surface area contributed by atoms with E-state index in [1.54, 1.807) is 30.3 Å². The molecule has 7 nitrogen and oxygen atoms in total. The van der Waals surface area contributed by atoms with Crippen molar-refractivity contribution in [2.24, 2.45) is 0 Å². The smallest absolute Gasteiger partial charge is 0.257 e. The molecule has 0 saturated carbocycles. The van der Waals surface area contributed by atoms with E-state index in [2.05, 4.69) is 5.32 Å². The highest BCUT2D eigenvalue weighted by Crippen LogP contribution is 2.34. The van der Waals surface area contributed by atoms with Crippen LogP contribution in [-0.2, 0) is 4.79 Å². The molecule has 7 heteroatoms. The number of nitrogens with zero attached hydrogens (tertiary/aromatic N) is 2. The Labute approximate surface area is 149 Å². The number of amidine groups is 1. The molecule has 3 aromatic rings. The van der Waals surface area contributed by atoms with Gasteiger partial charge < -0.3 is 5.32 Å². The van der Waals surface area contributed by atoms with E-state index >= 15 is 0 Å². The van der Waals surface area contributed by atoms with Crippen molar-refractivity contribution in [3.8, 4) is 0 Å². The van der Waals surface area contributed by atoms with Crippen LogP contribution in [0.4, 0.5) is 17.1 Å². The molecule has 26 heavy (non-hydrogen) atoms. The summed E-state index contributed by atoms with van der Waals surface area (Å²) in [5.41, 5.74) is 1.01. The van der Waals surface area contributed by atoms with Crippen LogP contribution in [0, 0.1) is 5.41 Å². The van der Waals surface area contributed by atoms with Crippen molar-refractivity contribution in [1.82, 2.24) is 0 Å². The lowest BCUT2D eigenvalue weighted by atomic mass is 10.1. The van der Waals surface area contributed by atoms with E-state index in [1.807, 2.05) is 36.4 Å². The lowest BCUT2D eigenvalue weighted by Crippen LogP contribution is -2.56. The Bertz CT molecular complexity index is 1020. The fourth-order valence-corrected chi connectivity index (χ4v) is 3.05. The molecule has 3 aromatic carbocycles. The van der Waals surface area contributed by atoms with Crippen molar-refractivity contribution in [2.75, 3.05) is 15.4 Å². The van der Waals surface area contributed by atoms with Crippen molar-refractivity contribution in [1.29, 1.82) is 5.41 Å². The Hall–Kier alpha value is -3.42. The third-order valence-corrected chi connectivity index (χ3v) is 4.35. The van der Waals surface area contributed by atoms with Crippen LogP contribution in [-0.4, -0.2) is 28.2 Å². The van der Waals surface area contributed by atoms with Gasteiger partial charge in [0, 0.05) is 5.69 Å².